The van der Waals surface area contributed by atoms with E-state index in [9.17, 15) is 9.50 Å². The lowest BCUT2D eigenvalue weighted by molar-refractivity contribution is 0.244. The van der Waals surface area contributed by atoms with Crippen molar-refractivity contribution in [1.29, 1.82) is 0 Å². The van der Waals surface area contributed by atoms with Crippen LogP contribution in [0.4, 0.5) is 4.39 Å². The van der Waals surface area contributed by atoms with Crippen LogP contribution in [0.15, 0.2) is 61.4 Å². The van der Waals surface area contributed by atoms with E-state index in [0.717, 1.165) is 25.1 Å². The molecule has 0 aliphatic carbocycles. The third-order valence-corrected chi connectivity index (χ3v) is 4.04. The van der Waals surface area contributed by atoms with Crippen molar-refractivity contribution in [3.8, 4) is 5.75 Å². The van der Waals surface area contributed by atoms with Crippen molar-refractivity contribution in [2.75, 3.05) is 6.54 Å². The second-order valence-corrected chi connectivity index (χ2v) is 5.97. The van der Waals surface area contributed by atoms with Crippen LogP contribution >= 0.6 is 0 Å². The molecule has 2 heterocycles. The molecule has 3 rings (SSSR count). The third-order valence-electron chi connectivity index (χ3n) is 4.04. The molecule has 0 amide bonds. The highest BCUT2D eigenvalue weighted by Gasteiger charge is 2.12. The van der Waals surface area contributed by atoms with Crippen molar-refractivity contribution in [3.05, 3.63) is 78.4 Å². The van der Waals surface area contributed by atoms with Crippen LogP contribution in [0.3, 0.4) is 0 Å². The maximum absolute atomic E-state index is 13.6. The summed E-state index contributed by atoms with van der Waals surface area (Å²) >= 11 is 0. The summed E-state index contributed by atoms with van der Waals surface area (Å²) in [5.74, 6) is -0.856. The first-order chi connectivity index (χ1) is 12.2. The number of phenolic OH excluding ortho intramolecular Hbond substituents is 1. The predicted molar refractivity (Wildman–Crippen MR) is 93.3 cm³/mol. The molecule has 0 unspecified atom stereocenters. The van der Waals surface area contributed by atoms with Crippen molar-refractivity contribution in [2.45, 2.75) is 26.1 Å². The topological polar surface area (TPSA) is 54.2 Å². The number of hydrogen-bond donors (Lipinski definition) is 1. The summed E-state index contributed by atoms with van der Waals surface area (Å²) in [6.45, 7) is 2.83. The molecule has 25 heavy (non-hydrogen) atoms. The number of hydrogen-bond acceptors (Lipinski definition) is 4. The van der Waals surface area contributed by atoms with Gasteiger partial charge in [0.25, 0.3) is 0 Å². The minimum atomic E-state index is -0.586. The second kappa shape index (κ2) is 8.39. The standard InChI is InChI=1S/C19H21FN4O/c20-18-6-1-5-17(19(18)25)14-24(13-16-4-2-7-21-12-16)10-3-9-23-11-8-22-15-23/h1-2,4-8,11-12,15,25H,3,9-10,13-14H2. The maximum atomic E-state index is 13.6. The van der Waals surface area contributed by atoms with Crippen LogP contribution in [0.1, 0.15) is 17.5 Å². The highest BCUT2D eigenvalue weighted by atomic mass is 19.1. The van der Waals surface area contributed by atoms with E-state index >= 15 is 0 Å². The lowest BCUT2D eigenvalue weighted by Crippen LogP contribution is -2.25. The molecule has 0 aliphatic rings. The Morgan fingerprint density at radius 2 is 2.00 bits per heavy atom. The van der Waals surface area contributed by atoms with Gasteiger partial charge in [-0.2, -0.15) is 0 Å². The minimum Gasteiger partial charge on any atom is -0.505 e. The summed E-state index contributed by atoms with van der Waals surface area (Å²) in [4.78, 5) is 10.4. The first-order valence-electron chi connectivity index (χ1n) is 8.26. The molecule has 130 valence electrons. The molecule has 6 heteroatoms. The molecular weight excluding hydrogens is 319 g/mol. The zero-order valence-electron chi connectivity index (χ0n) is 13.9. The number of halogens is 1. The van der Waals surface area contributed by atoms with E-state index in [-0.39, 0.29) is 5.75 Å². The van der Waals surface area contributed by atoms with E-state index in [4.69, 9.17) is 0 Å². The molecular formula is C19H21FN4O. The summed E-state index contributed by atoms with van der Waals surface area (Å²) < 4.78 is 15.6. The van der Waals surface area contributed by atoms with Crippen LogP contribution in [0.2, 0.25) is 0 Å². The quantitative estimate of drug-likeness (QED) is 0.684. The number of nitrogens with zero attached hydrogens (tertiary/aromatic N) is 4. The van der Waals surface area contributed by atoms with E-state index in [1.807, 2.05) is 29.1 Å². The van der Waals surface area contributed by atoms with Crippen LogP contribution in [-0.2, 0) is 19.6 Å². The predicted octanol–water partition coefficient (Wildman–Crippen LogP) is 3.22. The number of aromatic nitrogens is 3. The van der Waals surface area contributed by atoms with Crippen LogP contribution in [-0.4, -0.2) is 31.1 Å². The molecule has 0 fully saturated rings. The molecule has 0 saturated carbocycles. The zero-order valence-corrected chi connectivity index (χ0v) is 13.9. The van der Waals surface area contributed by atoms with E-state index < -0.39 is 5.82 Å². The number of imidazole rings is 1. The first kappa shape index (κ1) is 17.1. The Kier molecular flexibility index (Phi) is 5.74. The normalized spacial score (nSPS) is 11.1. The number of aromatic hydroxyl groups is 1. The molecule has 0 aliphatic heterocycles. The van der Waals surface area contributed by atoms with Gasteiger partial charge < -0.3 is 9.67 Å². The van der Waals surface area contributed by atoms with Crippen LogP contribution in [0.25, 0.3) is 0 Å². The Morgan fingerprint density at radius 3 is 2.76 bits per heavy atom. The summed E-state index contributed by atoms with van der Waals surface area (Å²) in [5.41, 5.74) is 1.67. The Morgan fingerprint density at radius 1 is 1.08 bits per heavy atom. The fourth-order valence-electron chi connectivity index (χ4n) is 2.79. The van der Waals surface area contributed by atoms with Crippen molar-refractivity contribution >= 4 is 0 Å². The van der Waals surface area contributed by atoms with Gasteiger partial charge in [0.1, 0.15) is 0 Å². The smallest absolute Gasteiger partial charge is 0.165 e. The number of phenols is 1. The number of aryl methyl sites for hydroxylation is 1. The summed E-state index contributed by atoms with van der Waals surface area (Å²) in [6.07, 6.45) is 9.98. The highest BCUT2D eigenvalue weighted by molar-refractivity contribution is 5.33. The number of pyridine rings is 1. The van der Waals surface area contributed by atoms with Crippen LogP contribution in [0, 0.1) is 5.82 Å². The zero-order chi connectivity index (χ0) is 17.5. The van der Waals surface area contributed by atoms with Crippen molar-refractivity contribution in [3.63, 3.8) is 0 Å². The Labute approximate surface area is 146 Å². The van der Waals surface area contributed by atoms with Crippen LogP contribution < -0.4 is 0 Å². The summed E-state index contributed by atoms with van der Waals surface area (Å²) in [6, 6.07) is 8.56. The Balaban J connectivity index is 1.67. The lowest BCUT2D eigenvalue weighted by atomic mass is 10.1. The van der Waals surface area contributed by atoms with Gasteiger partial charge in [-0.05, 0) is 24.1 Å². The van der Waals surface area contributed by atoms with Crippen molar-refractivity contribution in [1.82, 2.24) is 19.4 Å². The minimum absolute atomic E-state index is 0.270. The maximum Gasteiger partial charge on any atom is 0.165 e. The van der Waals surface area contributed by atoms with Gasteiger partial charge in [-0.1, -0.05) is 18.2 Å². The molecule has 0 bridgehead atoms. The highest BCUT2D eigenvalue weighted by Crippen LogP contribution is 2.23. The summed E-state index contributed by atoms with van der Waals surface area (Å²) in [5, 5.41) is 9.96. The molecule has 5 nitrogen and oxygen atoms in total. The van der Waals surface area contributed by atoms with Crippen molar-refractivity contribution < 1.29 is 9.50 Å². The molecule has 1 aromatic carbocycles. The fraction of sp³-hybridized carbons (Fsp3) is 0.263. The van der Waals surface area contributed by atoms with Crippen molar-refractivity contribution in [2.24, 2.45) is 0 Å². The van der Waals surface area contributed by atoms with Crippen LogP contribution in [0.5, 0.6) is 5.75 Å². The van der Waals surface area contributed by atoms with E-state index in [1.165, 1.54) is 6.07 Å². The molecule has 3 aromatic rings. The number of rotatable bonds is 8. The van der Waals surface area contributed by atoms with E-state index in [2.05, 4.69) is 14.9 Å². The van der Waals surface area contributed by atoms with Gasteiger partial charge >= 0.3 is 0 Å². The van der Waals surface area contributed by atoms with Gasteiger partial charge in [-0.25, -0.2) is 9.37 Å². The van der Waals surface area contributed by atoms with E-state index in [1.54, 1.807) is 30.9 Å². The SMILES string of the molecule is Oc1c(F)cccc1CN(CCCn1ccnc1)Cc1cccnc1. The van der Waals surface area contributed by atoms with Gasteiger partial charge in [0, 0.05) is 56.5 Å². The molecule has 2 aromatic heterocycles. The summed E-state index contributed by atoms with van der Waals surface area (Å²) in [7, 11) is 0. The van der Waals surface area contributed by atoms with E-state index in [0.29, 0.717) is 18.7 Å². The molecule has 0 radical (unpaired) electrons. The second-order valence-electron chi connectivity index (χ2n) is 5.97. The van der Waals surface area contributed by atoms with Gasteiger partial charge in [0.15, 0.2) is 11.6 Å². The average Bonchev–Trinajstić information content (AvgIpc) is 3.13. The molecule has 1 N–H and O–H groups in total. The Hall–Kier alpha value is -2.73. The lowest BCUT2D eigenvalue weighted by Gasteiger charge is -2.23. The average molecular weight is 340 g/mol. The van der Waals surface area contributed by atoms with Gasteiger partial charge in [0.05, 0.1) is 6.33 Å². The first-order valence-corrected chi connectivity index (χ1v) is 8.26. The van der Waals surface area contributed by atoms with Gasteiger partial charge in [0.2, 0.25) is 0 Å². The number of para-hydroxylation sites is 1. The largest absolute Gasteiger partial charge is 0.505 e. The Bertz CT molecular complexity index is 777. The molecule has 0 spiro atoms. The molecule has 0 saturated heterocycles. The number of benzene rings is 1. The molecule has 0 atom stereocenters. The fourth-order valence-corrected chi connectivity index (χ4v) is 2.79. The third kappa shape index (κ3) is 4.87. The monoisotopic (exact) mass is 340 g/mol. The van der Waals surface area contributed by atoms with Gasteiger partial charge in [-0.3, -0.25) is 9.88 Å². The van der Waals surface area contributed by atoms with Gasteiger partial charge in [-0.15, -0.1) is 0 Å².